The Morgan fingerprint density at radius 2 is 2.10 bits per heavy atom. The van der Waals surface area contributed by atoms with Gasteiger partial charge in [0.1, 0.15) is 5.60 Å². The van der Waals surface area contributed by atoms with Crippen LogP contribution in [-0.4, -0.2) is 53.2 Å². The molecule has 2 saturated heterocycles. The first-order chi connectivity index (χ1) is 14.0. The van der Waals surface area contributed by atoms with E-state index in [1.165, 1.54) is 0 Å². The van der Waals surface area contributed by atoms with Gasteiger partial charge in [0.05, 0.1) is 17.1 Å². The van der Waals surface area contributed by atoms with E-state index < -0.39 is 29.7 Å². The Morgan fingerprint density at radius 1 is 1.37 bits per heavy atom. The molecule has 8 nitrogen and oxygen atoms in total. The molecule has 0 radical (unpaired) electrons. The average molecular weight is 434 g/mol. The van der Waals surface area contributed by atoms with Crippen molar-refractivity contribution < 1.29 is 24.2 Å². The molecule has 2 aliphatic rings. The van der Waals surface area contributed by atoms with E-state index in [-0.39, 0.29) is 5.24 Å². The van der Waals surface area contributed by atoms with Gasteiger partial charge in [0.15, 0.2) is 0 Å². The SMILES string of the molecule is Cc1cccc(/C=C2\SC(=O)NC2=O)c1N1CC[C@H](O)[C@@H](NC(=O)OC(C)(C)C)C1. The molecule has 1 aromatic rings. The Bertz CT molecular complexity index is 893. The first kappa shape index (κ1) is 22.2. The molecular formula is C21H27N3O5S. The molecule has 9 heteroatoms. The number of carbonyl (C=O) groups is 3. The largest absolute Gasteiger partial charge is 0.444 e. The standard InChI is InChI=1S/C21H27N3O5S/c1-12-6-5-7-13(10-16-18(26)23-20(28)30-16)17(12)24-9-8-15(25)14(11-24)22-19(27)29-21(2,3)4/h5-7,10,14-15,25H,8-9,11H2,1-4H3,(H,22,27)(H,23,26,28)/b16-10-/t14-,15-/m0/s1. The van der Waals surface area contributed by atoms with Gasteiger partial charge in [-0.05, 0) is 63.1 Å². The molecule has 0 unspecified atom stereocenters. The van der Waals surface area contributed by atoms with E-state index in [4.69, 9.17) is 4.74 Å². The molecule has 0 aromatic heterocycles. The number of piperidine rings is 1. The lowest BCUT2D eigenvalue weighted by Gasteiger charge is -2.39. The van der Waals surface area contributed by atoms with Crippen LogP contribution in [0.3, 0.4) is 0 Å². The Kier molecular flexibility index (Phi) is 6.42. The predicted molar refractivity (Wildman–Crippen MR) is 116 cm³/mol. The molecule has 2 aliphatic heterocycles. The van der Waals surface area contributed by atoms with E-state index in [0.717, 1.165) is 28.6 Å². The van der Waals surface area contributed by atoms with Gasteiger partial charge in [0.2, 0.25) is 0 Å². The van der Waals surface area contributed by atoms with Crippen molar-refractivity contribution in [2.75, 3.05) is 18.0 Å². The second kappa shape index (κ2) is 8.69. The number of thioether (sulfide) groups is 1. The molecule has 0 spiro atoms. The van der Waals surface area contributed by atoms with Crippen molar-refractivity contribution in [2.24, 2.45) is 0 Å². The Hall–Kier alpha value is -2.52. The van der Waals surface area contributed by atoms with E-state index in [1.54, 1.807) is 26.8 Å². The second-order valence-electron chi connectivity index (χ2n) is 8.42. The average Bonchev–Trinajstić information content (AvgIpc) is 2.93. The minimum absolute atomic E-state index is 0.340. The molecule has 0 bridgehead atoms. The normalized spacial score (nSPS) is 23.5. The Morgan fingerprint density at radius 3 is 2.73 bits per heavy atom. The number of aliphatic hydroxyl groups is 1. The van der Waals surface area contributed by atoms with Gasteiger partial charge in [-0.25, -0.2) is 4.79 Å². The smallest absolute Gasteiger partial charge is 0.408 e. The predicted octanol–water partition coefficient (Wildman–Crippen LogP) is 2.78. The number of benzene rings is 1. The minimum atomic E-state index is -0.687. The van der Waals surface area contributed by atoms with Crippen molar-refractivity contribution in [3.63, 3.8) is 0 Å². The highest BCUT2D eigenvalue weighted by Crippen LogP contribution is 2.33. The number of ether oxygens (including phenoxy) is 1. The van der Waals surface area contributed by atoms with Crippen molar-refractivity contribution in [2.45, 2.75) is 51.9 Å². The highest BCUT2D eigenvalue weighted by Gasteiger charge is 2.32. The molecular weight excluding hydrogens is 406 g/mol. The molecule has 3 amide bonds. The van der Waals surface area contributed by atoms with E-state index in [2.05, 4.69) is 15.5 Å². The number of amides is 3. The highest BCUT2D eigenvalue weighted by molar-refractivity contribution is 8.18. The van der Waals surface area contributed by atoms with Crippen molar-refractivity contribution in [3.8, 4) is 0 Å². The molecule has 3 rings (SSSR count). The number of hydrogen-bond acceptors (Lipinski definition) is 7. The summed E-state index contributed by atoms with van der Waals surface area (Å²) in [5, 5.41) is 15.1. The van der Waals surface area contributed by atoms with Crippen molar-refractivity contribution >= 4 is 40.8 Å². The first-order valence-corrected chi connectivity index (χ1v) is 10.6. The summed E-state index contributed by atoms with van der Waals surface area (Å²) in [6, 6.07) is 5.23. The number of nitrogens with one attached hydrogen (secondary N) is 2. The van der Waals surface area contributed by atoms with Crippen molar-refractivity contribution in [1.29, 1.82) is 0 Å². The maximum Gasteiger partial charge on any atom is 0.408 e. The molecule has 2 heterocycles. The van der Waals surface area contributed by atoms with Crippen LogP contribution in [0.15, 0.2) is 23.1 Å². The minimum Gasteiger partial charge on any atom is -0.444 e. The zero-order valence-electron chi connectivity index (χ0n) is 17.5. The van der Waals surface area contributed by atoms with Crippen molar-refractivity contribution in [3.05, 3.63) is 34.2 Å². The van der Waals surface area contributed by atoms with Crippen LogP contribution in [0.2, 0.25) is 0 Å². The van der Waals surface area contributed by atoms with E-state index in [0.29, 0.717) is 24.4 Å². The zero-order valence-corrected chi connectivity index (χ0v) is 18.3. The molecule has 3 N–H and O–H groups in total. The van der Waals surface area contributed by atoms with E-state index >= 15 is 0 Å². The lowest BCUT2D eigenvalue weighted by Crippen LogP contribution is -2.56. The van der Waals surface area contributed by atoms with E-state index in [1.807, 2.05) is 25.1 Å². The van der Waals surface area contributed by atoms with Crippen LogP contribution in [0.5, 0.6) is 0 Å². The number of para-hydroxylation sites is 1. The van der Waals surface area contributed by atoms with E-state index in [9.17, 15) is 19.5 Å². The van der Waals surface area contributed by atoms with Gasteiger partial charge < -0.3 is 20.1 Å². The van der Waals surface area contributed by atoms with Crippen LogP contribution in [-0.2, 0) is 9.53 Å². The lowest BCUT2D eigenvalue weighted by atomic mass is 9.98. The molecule has 30 heavy (non-hydrogen) atoms. The van der Waals surface area contributed by atoms with Crippen LogP contribution in [0.1, 0.15) is 38.3 Å². The van der Waals surface area contributed by atoms with Gasteiger partial charge in [-0.1, -0.05) is 18.2 Å². The monoisotopic (exact) mass is 433 g/mol. The lowest BCUT2D eigenvalue weighted by molar-refractivity contribution is -0.115. The maximum absolute atomic E-state index is 12.2. The number of nitrogens with zero attached hydrogens (tertiary/aromatic N) is 1. The summed E-state index contributed by atoms with van der Waals surface area (Å²) in [7, 11) is 0. The number of aliphatic hydroxyl groups excluding tert-OH is 1. The fourth-order valence-corrected chi connectivity index (χ4v) is 4.21. The van der Waals surface area contributed by atoms with Crippen LogP contribution in [0.25, 0.3) is 6.08 Å². The fraction of sp³-hybridized carbons (Fsp3) is 0.476. The van der Waals surface area contributed by atoms with Gasteiger partial charge in [-0.2, -0.15) is 0 Å². The molecule has 162 valence electrons. The summed E-state index contributed by atoms with van der Waals surface area (Å²) in [5.74, 6) is -0.406. The first-order valence-electron chi connectivity index (χ1n) is 9.80. The van der Waals surface area contributed by atoms with Gasteiger partial charge >= 0.3 is 6.09 Å². The van der Waals surface area contributed by atoms with Crippen LogP contribution in [0, 0.1) is 6.92 Å². The quantitative estimate of drug-likeness (QED) is 0.629. The summed E-state index contributed by atoms with van der Waals surface area (Å²) in [6.45, 7) is 8.29. The summed E-state index contributed by atoms with van der Waals surface area (Å²) in [4.78, 5) is 38.1. The molecule has 1 aromatic carbocycles. The topological polar surface area (TPSA) is 108 Å². The molecule has 2 atom stereocenters. The summed E-state index contributed by atoms with van der Waals surface area (Å²) >= 11 is 0.874. The number of anilines is 1. The number of rotatable bonds is 3. The molecule has 0 aliphatic carbocycles. The maximum atomic E-state index is 12.2. The summed E-state index contributed by atoms with van der Waals surface area (Å²) in [6.07, 6.45) is 0.916. The summed E-state index contributed by atoms with van der Waals surface area (Å²) in [5.41, 5.74) is 2.07. The summed E-state index contributed by atoms with van der Waals surface area (Å²) < 4.78 is 5.32. The number of alkyl carbamates (subject to hydrolysis) is 1. The van der Waals surface area contributed by atoms with Gasteiger partial charge in [0.25, 0.3) is 11.1 Å². The fourth-order valence-electron chi connectivity index (χ4n) is 3.54. The Balaban J connectivity index is 1.83. The number of imide groups is 1. The van der Waals surface area contributed by atoms with Gasteiger partial charge in [-0.15, -0.1) is 0 Å². The van der Waals surface area contributed by atoms with Crippen molar-refractivity contribution in [1.82, 2.24) is 10.6 Å². The molecule has 0 saturated carbocycles. The van der Waals surface area contributed by atoms with Crippen LogP contribution < -0.4 is 15.5 Å². The zero-order chi connectivity index (χ0) is 22.1. The van der Waals surface area contributed by atoms with Crippen LogP contribution >= 0.6 is 11.8 Å². The third-order valence-electron chi connectivity index (χ3n) is 4.79. The highest BCUT2D eigenvalue weighted by atomic mass is 32.2. The number of hydrogen-bond donors (Lipinski definition) is 3. The second-order valence-corrected chi connectivity index (χ2v) is 9.43. The van der Waals surface area contributed by atoms with Gasteiger partial charge in [0, 0.05) is 18.8 Å². The molecule has 2 fully saturated rings. The van der Waals surface area contributed by atoms with Crippen LogP contribution in [0.4, 0.5) is 15.3 Å². The number of aryl methyl sites for hydroxylation is 1. The Labute approximate surface area is 180 Å². The third kappa shape index (κ3) is 5.34. The number of carbonyl (C=O) groups excluding carboxylic acids is 3. The third-order valence-corrected chi connectivity index (χ3v) is 5.60. The van der Waals surface area contributed by atoms with Gasteiger partial charge in [-0.3, -0.25) is 14.9 Å².